The molecular weight excluding hydrogens is 398 g/mol. The molecule has 4 rings (SSSR count). The van der Waals surface area contributed by atoms with Gasteiger partial charge in [-0.2, -0.15) is 0 Å². The van der Waals surface area contributed by atoms with E-state index in [0.717, 1.165) is 26.9 Å². The quantitative estimate of drug-likeness (QED) is 0.382. The number of carbonyl (C=O) groups is 1. The molecule has 1 aromatic heterocycles. The van der Waals surface area contributed by atoms with Gasteiger partial charge in [-0.3, -0.25) is 4.79 Å². The second-order valence-electron chi connectivity index (χ2n) is 6.70. The molecule has 0 atom stereocenters. The number of para-hydroxylation sites is 1. The Bertz CT molecular complexity index is 1180. The molecule has 0 bridgehead atoms. The molecule has 1 heterocycles. The standard InChI is InChI=1S/C24H21NO4S/c1-27-21-9-5-8-20(23(21)28-2)24-25-19(15-30-24)14-29-22(26)13-16-10-11-17-6-3-4-7-18(17)12-16/h3-12,15H,13-14H2,1-2H3. The molecule has 0 spiro atoms. The van der Waals surface area contributed by atoms with E-state index in [1.807, 2.05) is 60.0 Å². The van der Waals surface area contributed by atoms with Crippen LogP contribution >= 0.6 is 11.3 Å². The molecule has 0 radical (unpaired) electrons. The van der Waals surface area contributed by atoms with Gasteiger partial charge in [0, 0.05) is 5.38 Å². The van der Waals surface area contributed by atoms with Crippen LogP contribution < -0.4 is 9.47 Å². The number of nitrogens with zero attached hydrogens (tertiary/aromatic N) is 1. The Hall–Kier alpha value is -3.38. The molecule has 6 heteroatoms. The number of fused-ring (bicyclic) bond motifs is 1. The van der Waals surface area contributed by atoms with Gasteiger partial charge in [0.15, 0.2) is 11.5 Å². The van der Waals surface area contributed by atoms with E-state index in [1.165, 1.54) is 11.3 Å². The van der Waals surface area contributed by atoms with Crippen molar-refractivity contribution in [3.05, 3.63) is 77.3 Å². The third-order valence-corrected chi connectivity index (χ3v) is 5.65. The average molecular weight is 420 g/mol. The van der Waals surface area contributed by atoms with E-state index in [2.05, 4.69) is 11.1 Å². The van der Waals surface area contributed by atoms with Crippen molar-refractivity contribution in [2.45, 2.75) is 13.0 Å². The van der Waals surface area contributed by atoms with Crippen LogP contribution in [0.25, 0.3) is 21.3 Å². The first-order valence-electron chi connectivity index (χ1n) is 9.47. The summed E-state index contributed by atoms with van der Waals surface area (Å²) in [5, 5.41) is 4.93. The van der Waals surface area contributed by atoms with Gasteiger partial charge in [-0.05, 0) is 28.5 Å². The lowest BCUT2D eigenvalue weighted by Gasteiger charge is -2.10. The molecule has 0 fully saturated rings. The highest BCUT2D eigenvalue weighted by Gasteiger charge is 2.15. The fourth-order valence-corrected chi connectivity index (χ4v) is 4.10. The Balaban J connectivity index is 1.41. The van der Waals surface area contributed by atoms with Crippen molar-refractivity contribution in [3.8, 4) is 22.1 Å². The smallest absolute Gasteiger partial charge is 0.310 e. The van der Waals surface area contributed by atoms with Gasteiger partial charge in [0.1, 0.15) is 11.6 Å². The van der Waals surface area contributed by atoms with Crippen molar-refractivity contribution in [3.63, 3.8) is 0 Å². The van der Waals surface area contributed by atoms with E-state index >= 15 is 0 Å². The van der Waals surface area contributed by atoms with E-state index < -0.39 is 0 Å². The first-order chi connectivity index (χ1) is 14.7. The normalized spacial score (nSPS) is 10.7. The number of ether oxygens (including phenoxy) is 3. The van der Waals surface area contributed by atoms with Crippen molar-refractivity contribution in [2.24, 2.45) is 0 Å². The number of methoxy groups -OCH3 is 2. The molecule has 0 N–H and O–H groups in total. The van der Waals surface area contributed by atoms with E-state index in [9.17, 15) is 4.79 Å². The van der Waals surface area contributed by atoms with E-state index in [4.69, 9.17) is 14.2 Å². The number of rotatable bonds is 7. The second-order valence-corrected chi connectivity index (χ2v) is 7.56. The van der Waals surface area contributed by atoms with Gasteiger partial charge in [0.05, 0.1) is 31.9 Å². The summed E-state index contributed by atoms with van der Waals surface area (Å²) in [7, 11) is 3.20. The molecule has 0 aliphatic heterocycles. The highest BCUT2D eigenvalue weighted by atomic mass is 32.1. The molecule has 0 saturated heterocycles. The summed E-state index contributed by atoms with van der Waals surface area (Å²) in [6, 6.07) is 19.7. The van der Waals surface area contributed by atoms with Crippen LogP contribution in [-0.4, -0.2) is 25.2 Å². The lowest BCUT2D eigenvalue weighted by molar-refractivity contribution is -0.144. The number of esters is 1. The number of hydrogen-bond donors (Lipinski definition) is 0. The minimum atomic E-state index is -0.279. The second kappa shape index (κ2) is 8.97. The van der Waals surface area contributed by atoms with E-state index in [0.29, 0.717) is 17.2 Å². The van der Waals surface area contributed by atoms with Crippen LogP contribution in [0.15, 0.2) is 66.0 Å². The van der Waals surface area contributed by atoms with E-state index in [1.54, 1.807) is 14.2 Å². The molecule has 30 heavy (non-hydrogen) atoms. The molecule has 0 unspecified atom stereocenters. The average Bonchev–Trinajstić information content (AvgIpc) is 3.26. The summed E-state index contributed by atoms with van der Waals surface area (Å²) in [5.74, 6) is 1.00. The van der Waals surface area contributed by atoms with Crippen LogP contribution in [0.3, 0.4) is 0 Å². The van der Waals surface area contributed by atoms with Crippen molar-refractivity contribution in [1.29, 1.82) is 0 Å². The lowest BCUT2D eigenvalue weighted by atomic mass is 10.1. The van der Waals surface area contributed by atoms with Gasteiger partial charge >= 0.3 is 5.97 Å². The molecule has 0 aliphatic carbocycles. The monoisotopic (exact) mass is 419 g/mol. The number of benzene rings is 3. The summed E-state index contributed by atoms with van der Waals surface area (Å²) < 4.78 is 16.3. The van der Waals surface area contributed by atoms with Crippen LogP contribution in [0, 0.1) is 0 Å². The van der Waals surface area contributed by atoms with Gasteiger partial charge in [-0.1, -0.05) is 48.5 Å². The highest BCUT2D eigenvalue weighted by molar-refractivity contribution is 7.13. The minimum Gasteiger partial charge on any atom is -0.493 e. The van der Waals surface area contributed by atoms with Crippen LogP contribution in [0.1, 0.15) is 11.3 Å². The molecular formula is C24H21NO4S. The van der Waals surface area contributed by atoms with Crippen molar-refractivity contribution in [2.75, 3.05) is 14.2 Å². The molecule has 5 nitrogen and oxygen atoms in total. The molecule has 0 amide bonds. The fraction of sp³-hybridized carbons (Fsp3) is 0.167. The summed E-state index contributed by atoms with van der Waals surface area (Å²) in [5.41, 5.74) is 2.47. The van der Waals surface area contributed by atoms with Crippen molar-refractivity contribution >= 4 is 28.1 Å². The minimum absolute atomic E-state index is 0.134. The molecule has 3 aromatic carbocycles. The van der Waals surface area contributed by atoms with E-state index in [-0.39, 0.29) is 19.0 Å². The molecule has 152 valence electrons. The van der Waals surface area contributed by atoms with Gasteiger partial charge in [0.25, 0.3) is 0 Å². The van der Waals surface area contributed by atoms with Crippen molar-refractivity contribution < 1.29 is 19.0 Å². The summed E-state index contributed by atoms with van der Waals surface area (Å²) in [4.78, 5) is 16.9. The molecule has 0 aliphatic rings. The number of hydrogen-bond acceptors (Lipinski definition) is 6. The highest BCUT2D eigenvalue weighted by Crippen LogP contribution is 2.39. The zero-order valence-corrected chi connectivity index (χ0v) is 17.6. The zero-order valence-electron chi connectivity index (χ0n) is 16.8. The van der Waals surface area contributed by atoms with Gasteiger partial charge in [0.2, 0.25) is 0 Å². The van der Waals surface area contributed by atoms with Gasteiger partial charge in [-0.25, -0.2) is 4.98 Å². The predicted octanol–water partition coefficient (Wildman–Crippen LogP) is 5.27. The number of thiazole rings is 1. The lowest BCUT2D eigenvalue weighted by Crippen LogP contribution is -2.08. The SMILES string of the molecule is COc1cccc(-c2nc(COC(=O)Cc3ccc4ccccc4c3)cs2)c1OC. The molecule has 0 saturated carbocycles. The summed E-state index contributed by atoms with van der Waals surface area (Å²) in [6.07, 6.45) is 0.228. The van der Waals surface area contributed by atoms with Crippen molar-refractivity contribution in [1.82, 2.24) is 4.98 Å². The van der Waals surface area contributed by atoms with Gasteiger partial charge in [-0.15, -0.1) is 11.3 Å². The Morgan fingerprint density at radius 1 is 0.967 bits per heavy atom. The zero-order chi connectivity index (χ0) is 20.9. The Labute approximate surface area is 178 Å². The maximum absolute atomic E-state index is 12.3. The van der Waals surface area contributed by atoms with Crippen LogP contribution in [0.2, 0.25) is 0 Å². The van der Waals surface area contributed by atoms with Crippen LogP contribution in [0.4, 0.5) is 0 Å². The number of carbonyl (C=O) groups excluding carboxylic acids is 1. The Morgan fingerprint density at radius 2 is 1.80 bits per heavy atom. The first-order valence-corrected chi connectivity index (χ1v) is 10.3. The Kier molecular flexibility index (Phi) is 5.95. The topological polar surface area (TPSA) is 57.7 Å². The third kappa shape index (κ3) is 4.28. The van der Waals surface area contributed by atoms with Crippen LogP contribution in [0.5, 0.6) is 11.5 Å². The maximum atomic E-state index is 12.3. The Morgan fingerprint density at radius 3 is 2.60 bits per heavy atom. The van der Waals surface area contributed by atoms with Crippen LogP contribution in [-0.2, 0) is 22.6 Å². The van der Waals surface area contributed by atoms with Gasteiger partial charge < -0.3 is 14.2 Å². The predicted molar refractivity (Wildman–Crippen MR) is 118 cm³/mol. The number of aromatic nitrogens is 1. The maximum Gasteiger partial charge on any atom is 0.310 e. The first kappa shape index (κ1) is 19.9. The summed E-state index contributed by atoms with van der Waals surface area (Å²) in [6.45, 7) is 0.134. The largest absolute Gasteiger partial charge is 0.493 e. The summed E-state index contributed by atoms with van der Waals surface area (Å²) >= 11 is 1.47. The molecule has 4 aromatic rings. The third-order valence-electron chi connectivity index (χ3n) is 4.73. The fourth-order valence-electron chi connectivity index (χ4n) is 3.27.